The molecule has 1 atom stereocenters. The summed E-state index contributed by atoms with van der Waals surface area (Å²) >= 11 is 0. The first-order valence-electron chi connectivity index (χ1n) is 9.72. The van der Waals surface area contributed by atoms with Gasteiger partial charge in [0.1, 0.15) is 24.5 Å². The van der Waals surface area contributed by atoms with Gasteiger partial charge in [-0.2, -0.15) is 0 Å². The number of esters is 1. The van der Waals surface area contributed by atoms with Gasteiger partial charge in [0.25, 0.3) is 0 Å². The van der Waals surface area contributed by atoms with Gasteiger partial charge in [-0.3, -0.25) is 9.59 Å². The number of benzene rings is 1. The second-order valence-corrected chi connectivity index (χ2v) is 7.64. The normalized spacial score (nSPS) is 25.2. The monoisotopic (exact) mass is 359 g/mol. The number of carbonyl (C=O) groups is 2. The van der Waals surface area contributed by atoms with Crippen molar-refractivity contribution >= 4 is 17.4 Å². The number of rotatable bonds is 5. The van der Waals surface area contributed by atoms with Crippen LogP contribution in [0.25, 0.3) is 0 Å². The van der Waals surface area contributed by atoms with E-state index in [-0.39, 0.29) is 30.5 Å². The summed E-state index contributed by atoms with van der Waals surface area (Å²) in [5, 5.41) is 0. The zero-order chi connectivity index (χ0) is 18.7. The molecular formula is C21H29NO4. The van der Waals surface area contributed by atoms with Crippen LogP contribution in [0.1, 0.15) is 63.2 Å². The first-order valence-corrected chi connectivity index (χ1v) is 9.72. The van der Waals surface area contributed by atoms with E-state index >= 15 is 0 Å². The van der Waals surface area contributed by atoms with Crippen molar-refractivity contribution in [2.24, 2.45) is 5.92 Å². The lowest BCUT2D eigenvalue weighted by molar-refractivity contribution is -0.149. The molecule has 1 fully saturated rings. The van der Waals surface area contributed by atoms with Crippen LogP contribution in [-0.2, 0) is 9.53 Å². The molecule has 1 unspecified atom stereocenters. The van der Waals surface area contributed by atoms with E-state index in [4.69, 9.17) is 9.47 Å². The van der Waals surface area contributed by atoms with Gasteiger partial charge in [-0.25, -0.2) is 0 Å². The van der Waals surface area contributed by atoms with E-state index < -0.39 is 0 Å². The van der Waals surface area contributed by atoms with Crippen LogP contribution in [0.3, 0.4) is 0 Å². The summed E-state index contributed by atoms with van der Waals surface area (Å²) in [6.45, 7) is 6.68. The molecule has 0 bridgehead atoms. The molecule has 5 nitrogen and oxygen atoms in total. The summed E-state index contributed by atoms with van der Waals surface area (Å²) in [7, 11) is 0. The fourth-order valence-corrected chi connectivity index (χ4v) is 3.73. The maximum atomic E-state index is 12.5. The standard InChI is InChI=1S/C21H29NO4/c1-4-17-12-22(13-21(24)26-18-8-5-14(2)6-9-18)19-11-16(15(3)23)7-10-20(19)25-17/h7,10-11,14,17-18H,4-6,8-9,12-13H2,1-3H3. The van der Waals surface area contributed by atoms with Gasteiger partial charge in [-0.05, 0) is 63.1 Å². The number of ketones is 1. The first-order chi connectivity index (χ1) is 12.5. The molecule has 1 aromatic rings. The highest BCUT2D eigenvalue weighted by Gasteiger charge is 2.28. The number of hydrogen-bond donors (Lipinski definition) is 0. The molecule has 1 saturated carbocycles. The minimum absolute atomic E-state index is 0.00395. The average Bonchev–Trinajstić information content (AvgIpc) is 2.63. The quantitative estimate of drug-likeness (QED) is 0.588. The number of nitrogens with zero attached hydrogens (tertiary/aromatic N) is 1. The predicted octanol–water partition coefficient (Wildman–Crippen LogP) is 3.99. The molecule has 3 rings (SSSR count). The largest absolute Gasteiger partial charge is 0.486 e. The summed E-state index contributed by atoms with van der Waals surface area (Å²) in [4.78, 5) is 26.2. The van der Waals surface area contributed by atoms with Crippen LogP contribution in [0.4, 0.5) is 5.69 Å². The Morgan fingerprint density at radius 3 is 2.62 bits per heavy atom. The van der Waals surface area contributed by atoms with E-state index in [1.165, 1.54) is 0 Å². The molecule has 1 heterocycles. The molecule has 26 heavy (non-hydrogen) atoms. The maximum absolute atomic E-state index is 12.5. The molecule has 1 aliphatic heterocycles. The highest BCUT2D eigenvalue weighted by molar-refractivity contribution is 5.95. The van der Waals surface area contributed by atoms with Crippen molar-refractivity contribution in [2.45, 2.75) is 65.1 Å². The van der Waals surface area contributed by atoms with E-state index in [9.17, 15) is 9.59 Å². The summed E-state index contributed by atoms with van der Waals surface area (Å²) in [6.07, 6.45) is 5.10. The van der Waals surface area contributed by atoms with Crippen LogP contribution in [0.5, 0.6) is 5.75 Å². The second-order valence-electron chi connectivity index (χ2n) is 7.64. The van der Waals surface area contributed by atoms with E-state index in [0.29, 0.717) is 12.1 Å². The molecule has 5 heteroatoms. The first kappa shape index (κ1) is 18.7. The summed E-state index contributed by atoms with van der Waals surface area (Å²) in [6, 6.07) is 5.42. The maximum Gasteiger partial charge on any atom is 0.325 e. The lowest BCUT2D eigenvalue weighted by Gasteiger charge is -2.36. The zero-order valence-electron chi connectivity index (χ0n) is 16.0. The van der Waals surface area contributed by atoms with E-state index in [1.807, 2.05) is 17.0 Å². The summed E-state index contributed by atoms with van der Waals surface area (Å²) < 4.78 is 11.7. The highest BCUT2D eigenvalue weighted by Crippen LogP contribution is 2.35. The third-order valence-corrected chi connectivity index (χ3v) is 5.46. The third-order valence-electron chi connectivity index (χ3n) is 5.46. The van der Waals surface area contributed by atoms with Gasteiger partial charge in [-0.15, -0.1) is 0 Å². The minimum atomic E-state index is -0.194. The van der Waals surface area contributed by atoms with Crippen molar-refractivity contribution in [3.05, 3.63) is 23.8 Å². The van der Waals surface area contributed by atoms with Crippen LogP contribution in [-0.4, -0.2) is 37.0 Å². The molecule has 0 saturated heterocycles. The fraction of sp³-hybridized carbons (Fsp3) is 0.619. The van der Waals surface area contributed by atoms with Gasteiger partial charge in [0.05, 0.1) is 12.2 Å². The number of fused-ring (bicyclic) bond motifs is 1. The number of carbonyl (C=O) groups excluding carboxylic acids is 2. The molecule has 142 valence electrons. The summed E-state index contributed by atoms with van der Waals surface area (Å²) in [5.74, 6) is 1.27. The van der Waals surface area contributed by atoms with Gasteiger partial charge in [-0.1, -0.05) is 13.8 Å². The number of anilines is 1. The Balaban J connectivity index is 1.71. The van der Waals surface area contributed by atoms with Crippen LogP contribution < -0.4 is 9.64 Å². The molecule has 1 aliphatic carbocycles. The smallest absolute Gasteiger partial charge is 0.325 e. The minimum Gasteiger partial charge on any atom is -0.486 e. The van der Waals surface area contributed by atoms with Crippen molar-refractivity contribution in [3.8, 4) is 5.75 Å². The van der Waals surface area contributed by atoms with E-state index in [2.05, 4.69) is 13.8 Å². The molecule has 0 aromatic heterocycles. The van der Waals surface area contributed by atoms with Gasteiger partial charge in [0.2, 0.25) is 0 Å². The molecule has 0 radical (unpaired) electrons. The van der Waals surface area contributed by atoms with Gasteiger partial charge in [0.15, 0.2) is 5.78 Å². The Bertz CT molecular complexity index is 664. The fourth-order valence-electron chi connectivity index (χ4n) is 3.73. The van der Waals surface area contributed by atoms with E-state index in [1.54, 1.807) is 13.0 Å². The Morgan fingerprint density at radius 2 is 1.96 bits per heavy atom. The SMILES string of the molecule is CCC1CN(CC(=O)OC2CCC(C)CC2)c2cc(C(C)=O)ccc2O1. The number of ether oxygens (including phenoxy) is 2. The topological polar surface area (TPSA) is 55.8 Å². The van der Waals surface area contributed by atoms with Crippen LogP contribution in [0.2, 0.25) is 0 Å². The van der Waals surface area contributed by atoms with Gasteiger partial charge in [0, 0.05) is 5.56 Å². The average molecular weight is 359 g/mol. The Morgan fingerprint density at radius 1 is 1.23 bits per heavy atom. The third kappa shape index (κ3) is 4.37. The van der Waals surface area contributed by atoms with Crippen LogP contribution >= 0.6 is 0 Å². The Hall–Kier alpha value is -2.04. The van der Waals surface area contributed by atoms with Crippen molar-refractivity contribution in [3.63, 3.8) is 0 Å². The number of hydrogen-bond acceptors (Lipinski definition) is 5. The van der Waals surface area contributed by atoms with Crippen molar-refractivity contribution in [2.75, 3.05) is 18.0 Å². The molecular weight excluding hydrogens is 330 g/mol. The molecule has 1 aromatic carbocycles. The van der Waals surface area contributed by atoms with Gasteiger partial charge < -0.3 is 14.4 Å². The molecule has 0 spiro atoms. The Kier molecular flexibility index (Phi) is 5.84. The van der Waals surface area contributed by atoms with E-state index in [0.717, 1.165) is 49.5 Å². The second kappa shape index (κ2) is 8.11. The molecule has 0 N–H and O–H groups in total. The number of Topliss-reactive ketones (excluding diaryl/α,β-unsaturated/α-hetero) is 1. The van der Waals surface area contributed by atoms with Crippen molar-refractivity contribution < 1.29 is 19.1 Å². The summed E-state index contributed by atoms with van der Waals surface area (Å²) in [5.41, 5.74) is 1.43. The van der Waals surface area contributed by atoms with Crippen molar-refractivity contribution in [1.82, 2.24) is 0 Å². The van der Waals surface area contributed by atoms with Crippen LogP contribution in [0.15, 0.2) is 18.2 Å². The highest BCUT2D eigenvalue weighted by atomic mass is 16.5. The lowest BCUT2D eigenvalue weighted by atomic mass is 9.89. The predicted molar refractivity (Wildman–Crippen MR) is 101 cm³/mol. The Labute approximate surface area is 155 Å². The van der Waals surface area contributed by atoms with Gasteiger partial charge >= 0.3 is 5.97 Å². The molecule has 2 aliphatic rings. The van der Waals surface area contributed by atoms with Crippen LogP contribution in [0, 0.1) is 5.92 Å². The van der Waals surface area contributed by atoms with Crippen molar-refractivity contribution in [1.29, 1.82) is 0 Å². The zero-order valence-corrected chi connectivity index (χ0v) is 16.0. The molecule has 0 amide bonds. The lowest BCUT2D eigenvalue weighted by Crippen LogP contribution is -2.43.